The number of hydrogen-bond donors (Lipinski definition) is 0. The Morgan fingerprint density at radius 3 is 2.44 bits per heavy atom. The zero-order valence-electron chi connectivity index (χ0n) is 14.9. The first-order chi connectivity index (χ1) is 13.0. The van der Waals surface area contributed by atoms with Gasteiger partial charge in [0.1, 0.15) is 11.5 Å². The SMILES string of the molecule is CN(C)C(=O)COc1ccc(Oc2ncccc2C(=O)c2cccs2)cc1. The number of rotatable bonds is 7. The number of likely N-dealkylation sites (N-methyl/N-ethyl adjacent to an activating group) is 1. The predicted molar refractivity (Wildman–Crippen MR) is 103 cm³/mol. The molecule has 138 valence electrons. The van der Waals surface area contributed by atoms with E-state index in [1.807, 2.05) is 11.4 Å². The zero-order chi connectivity index (χ0) is 19.2. The van der Waals surface area contributed by atoms with E-state index in [9.17, 15) is 9.59 Å². The van der Waals surface area contributed by atoms with E-state index in [1.165, 1.54) is 16.2 Å². The molecule has 6 nitrogen and oxygen atoms in total. The van der Waals surface area contributed by atoms with Crippen LogP contribution in [0.5, 0.6) is 17.4 Å². The number of thiophene rings is 1. The Kier molecular flexibility index (Phi) is 5.83. The van der Waals surface area contributed by atoms with Gasteiger partial charge >= 0.3 is 0 Å². The van der Waals surface area contributed by atoms with Crippen LogP contribution >= 0.6 is 11.3 Å². The summed E-state index contributed by atoms with van der Waals surface area (Å²) in [5.41, 5.74) is 0.400. The number of aromatic nitrogens is 1. The van der Waals surface area contributed by atoms with Crippen LogP contribution in [-0.2, 0) is 4.79 Å². The molecule has 1 aromatic carbocycles. The highest BCUT2D eigenvalue weighted by atomic mass is 32.1. The minimum absolute atomic E-state index is 0.0348. The molecule has 2 heterocycles. The van der Waals surface area contributed by atoms with Crippen molar-refractivity contribution in [2.45, 2.75) is 0 Å². The summed E-state index contributed by atoms with van der Waals surface area (Å²) in [7, 11) is 3.34. The maximum absolute atomic E-state index is 12.6. The van der Waals surface area contributed by atoms with Crippen LogP contribution in [0.15, 0.2) is 60.1 Å². The first kappa shape index (κ1) is 18.6. The average Bonchev–Trinajstić information content (AvgIpc) is 3.22. The Labute approximate surface area is 161 Å². The number of pyridine rings is 1. The fourth-order valence-electron chi connectivity index (χ4n) is 2.18. The van der Waals surface area contributed by atoms with Gasteiger partial charge in [-0.25, -0.2) is 4.98 Å². The third kappa shape index (κ3) is 4.71. The van der Waals surface area contributed by atoms with Crippen LogP contribution in [0.1, 0.15) is 15.2 Å². The molecule has 27 heavy (non-hydrogen) atoms. The van der Waals surface area contributed by atoms with Crippen LogP contribution in [0, 0.1) is 0 Å². The molecule has 0 N–H and O–H groups in total. The fraction of sp³-hybridized carbons (Fsp3) is 0.150. The second-order valence-corrected chi connectivity index (χ2v) is 6.76. The number of ketones is 1. The van der Waals surface area contributed by atoms with Gasteiger partial charge in [0, 0.05) is 20.3 Å². The Hall–Kier alpha value is -3.19. The van der Waals surface area contributed by atoms with E-state index in [-0.39, 0.29) is 24.2 Å². The lowest BCUT2D eigenvalue weighted by Crippen LogP contribution is -2.27. The largest absolute Gasteiger partial charge is 0.484 e. The molecular weight excluding hydrogens is 364 g/mol. The van der Waals surface area contributed by atoms with E-state index in [0.29, 0.717) is 21.9 Å². The molecule has 0 bridgehead atoms. The number of amides is 1. The molecule has 2 aromatic heterocycles. The smallest absolute Gasteiger partial charge is 0.259 e. The number of nitrogens with zero attached hydrogens (tertiary/aromatic N) is 2. The highest BCUT2D eigenvalue weighted by Gasteiger charge is 2.17. The van der Waals surface area contributed by atoms with Crippen LogP contribution in [0.3, 0.4) is 0 Å². The van der Waals surface area contributed by atoms with Crippen molar-refractivity contribution in [1.82, 2.24) is 9.88 Å². The molecule has 0 fully saturated rings. The van der Waals surface area contributed by atoms with Crippen molar-refractivity contribution in [3.8, 4) is 17.4 Å². The first-order valence-electron chi connectivity index (χ1n) is 8.18. The lowest BCUT2D eigenvalue weighted by atomic mass is 10.1. The molecule has 0 spiro atoms. The van der Waals surface area contributed by atoms with Gasteiger partial charge < -0.3 is 14.4 Å². The van der Waals surface area contributed by atoms with Gasteiger partial charge in [0.25, 0.3) is 5.91 Å². The lowest BCUT2D eigenvalue weighted by Gasteiger charge is -2.12. The van der Waals surface area contributed by atoms with Gasteiger partial charge in [-0.1, -0.05) is 6.07 Å². The number of benzene rings is 1. The minimum Gasteiger partial charge on any atom is -0.484 e. The van der Waals surface area contributed by atoms with Crippen LogP contribution in [0.25, 0.3) is 0 Å². The Morgan fingerprint density at radius 2 is 1.78 bits per heavy atom. The van der Waals surface area contributed by atoms with Gasteiger partial charge in [-0.2, -0.15) is 0 Å². The third-order valence-electron chi connectivity index (χ3n) is 3.66. The molecule has 0 saturated carbocycles. The number of ether oxygens (including phenoxy) is 2. The van der Waals surface area contributed by atoms with Crippen LogP contribution in [0.4, 0.5) is 0 Å². The topological polar surface area (TPSA) is 68.7 Å². The summed E-state index contributed by atoms with van der Waals surface area (Å²) in [6.07, 6.45) is 1.57. The molecule has 7 heteroatoms. The third-order valence-corrected chi connectivity index (χ3v) is 4.53. The monoisotopic (exact) mass is 382 g/mol. The van der Waals surface area contributed by atoms with Crippen molar-refractivity contribution in [2.75, 3.05) is 20.7 Å². The Bertz CT molecular complexity index is 921. The molecule has 0 unspecified atom stereocenters. The van der Waals surface area contributed by atoms with Crippen molar-refractivity contribution < 1.29 is 19.1 Å². The van der Waals surface area contributed by atoms with Crippen molar-refractivity contribution in [2.24, 2.45) is 0 Å². The van der Waals surface area contributed by atoms with Gasteiger partial charge in [-0.15, -0.1) is 11.3 Å². The zero-order valence-corrected chi connectivity index (χ0v) is 15.7. The standard InChI is InChI=1S/C20H18N2O4S/c1-22(2)18(23)13-25-14-7-9-15(10-8-14)26-20-16(5-3-11-21-20)19(24)17-6-4-12-27-17/h3-12H,13H2,1-2H3. The molecule has 0 aliphatic carbocycles. The van der Waals surface area contributed by atoms with Crippen LogP contribution < -0.4 is 9.47 Å². The lowest BCUT2D eigenvalue weighted by molar-refractivity contribution is -0.130. The quantitative estimate of drug-likeness (QED) is 0.584. The van der Waals surface area contributed by atoms with Crippen LogP contribution in [-0.4, -0.2) is 42.3 Å². The maximum atomic E-state index is 12.6. The highest BCUT2D eigenvalue weighted by Crippen LogP contribution is 2.27. The van der Waals surface area contributed by atoms with Gasteiger partial charge in [0.15, 0.2) is 6.61 Å². The summed E-state index contributed by atoms with van der Waals surface area (Å²) in [5, 5.41) is 1.85. The Balaban J connectivity index is 1.71. The van der Waals surface area contributed by atoms with E-state index < -0.39 is 0 Å². The number of carbonyl (C=O) groups excluding carboxylic acids is 2. The molecule has 0 saturated heterocycles. The summed E-state index contributed by atoms with van der Waals surface area (Å²) in [6.45, 7) is -0.0348. The molecule has 0 radical (unpaired) electrons. The van der Waals surface area contributed by atoms with Crippen LogP contribution in [0.2, 0.25) is 0 Å². The normalized spacial score (nSPS) is 10.3. The minimum atomic E-state index is -0.129. The number of hydrogen-bond acceptors (Lipinski definition) is 6. The fourth-order valence-corrected chi connectivity index (χ4v) is 2.85. The molecule has 0 atom stereocenters. The van der Waals surface area contributed by atoms with E-state index in [2.05, 4.69) is 4.98 Å². The van der Waals surface area contributed by atoms with E-state index in [1.54, 1.807) is 62.8 Å². The molecule has 3 rings (SSSR count). The van der Waals surface area contributed by atoms with Crippen molar-refractivity contribution in [1.29, 1.82) is 0 Å². The summed E-state index contributed by atoms with van der Waals surface area (Å²) in [4.78, 5) is 30.4. The van der Waals surface area contributed by atoms with Gasteiger partial charge in [-0.05, 0) is 47.8 Å². The summed E-state index contributed by atoms with van der Waals surface area (Å²) in [6, 6.07) is 13.8. The van der Waals surface area contributed by atoms with Crippen molar-refractivity contribution in [3.05, 3.63) is 70.5 Å². The van der Waals surface area contributed by atoms with Gasteiger partial charge in [0.2, 0.25) is 11.7 Å². The van der Waals surface area contributed by atoms with Gasteiger partial charge in [0.05, 0.1) is 10.4 Å². The maximum Gasteiger partial charge on any atom is 0.259 e. The summed E-state index contributed by atoms with van der Waals surface area (Å²) in [5.74, 6) is 1.05. The van der Waals surface area contributed by atoms with E-state index in [0.717, 1.165) is 0 Å². The molecule has 0 aliphatic rings. The first-order valence-corrected chi connectivity index (χ1v) is 9.06. The van der Waals surface area contributed by atoms with Crippen molar-refractivity contribution in [3.63, 3.8) is 0 Å². The number of carbonyl (C=O) groups is 2. The molecule has 0 aliphatic heterocycles. The predicted octanol–water partition coefficient (Wildman–Crippen LogP) is 3.63. The van der Waals surface area contributed by atoms with E-state index in [4.69, 9.17) is 9.47 Å². The second-order valence-electron chi connectivity index (χ2n) is 5.81. The van der Waals surface area contributed by atoms with Crippen molar-refractivity contribution >= 4 is 23.0 Å². The molecular formula is C20H18N2O4S. The van der Waals surface area contributed by atoms with E-state index >= 15 is 0 Å². The Morgan fingerprint density at radius 1 is 1.04 bits per heavy atom. The second kappa shape index (κ2) is 8.46. The molecule has 1 amide bonds. The highest BCUT2D eigenvalue weighted by molar-refractivity contribution is 7.12. The summed E-state index contributed by atoms with van der Waals surface area (Å²) >= 11 is 1.37. The van der Waals surface area contributed by atoms with Gasteiger partial charge in [-0.3, -0.25) is 9.59 Å². The average molecular weight is 382 g/mol. The summed E-state index contributed by atoms with van der Waals surface area (Å²) < 4.78 is 11.2. The molecule has 3 aromatic rings.